The van der Waals surface area contributed by atoms with Crippen molar-refractivity contribution in [2.45, 2.75) is 33.1 Å². The Morgan fingerprint density at radius 1 is 0.951 bits per heavy atom. The molecule has 0 aliphatic carbocycles. The van der Waals surface area contributed by atoms with Crippen LogP contribution in [0.5, 0.6) is 17.2 Å². The summed E-state index contributed by atoms with van der Waals surface area (Å²) in [6.07, 6.45) is 2.78. The fraction of sp³-hybridized carbons (Fsp3) is 0.242. The number of hydrogen-bond donors (Lipinski definition) is 1. The monoisotopic (exact) mass is 567 g/mol. The van der Waals surface area contributed by atoms with Crippen molar-refractivity contribution < 1.29 is 19.0 Å². The van der Waals surface area contributed by atoms with Crippen LogP contribution in [0, 0.1) is 5.41 Å². The van der Waals surface area contributed by atoms with Crippen molar-refractivity contribution in [3.8, 4) is 17.2 Å². The Morgan fingerprint density at radius 3 is 2.44 bits per heavy atom. The van der Waals surface area contributed by atoms with Crippen LogP contribution in [0.2, 0.25) is 0 Å². The van der Waals surface area contributed by atoms with E-state index in [0.717, 1.165) is 23.4 Å². The molecule has 2 heterocycles. The van der Waals surface area contributed by atoms with E-state index >= 15 is 0 Å². The van der Waals surface area contributed by atoms with Gasteiger partial charge < -0.3 is 14.2 Å². The molecule has 0 saturated heterocycles. The molecule has 2 aliphatic rings. The van der Waals surface area contributed by atoms with Gasteiger partial charge in [0.25, 0.3) is 5.91 Å². The number of amidine groups is 2. The number of fused-ring (bicyclic) bond motifs is 1. The van der Waals surface area contributed by atoms with Crippen LogP contribution in [0.15, 0.2) is 88.8 Å². The van der Waals surface area contributed by atoms with Crippen LogP contribution in [0.1, 0.15) is 49.8 Å². The molecule has 41 heavy (non-hydrogen) atoms. The highest BCUT2D eigenvalue weighted by Gasteiger charge is 2.36. The maximum atomic E-state index is 12.9. The van der Waals surface area contributed by atoms with E-state index in [1.807, 2.05) is 73.0 Å². The second-order valence-electron chi connectivity index (χ2n) is 9.64. The van der Waals surface area contributed by atoms with Gasteiger partial charge in [-0.1, -0.05) is 74.1 Å². The summed E-state index contributed by atoms with van der Waals surface area (Å²) in [7, 11) is 0. The first-order chi connectivity index (χ1) is 20.0. The van der Waals surface area contributed by atoms with Gasteiger partial charge in [0.15, 0.2) is 16.7 Å². The SMILES string of the molecule is CCOc1cc(/C=C2/C(=N)N3C(c4ccccc4)=CSC3=NC2=O)ccc1OCCOc1ccc([C@H](C)CC)cc1. The second-order valence-corrected chi connectivity index (χ2v) is 10.5. The van der Waals surface area contributed by atoms with Crippen molar-refractivity contribution in [3.05, 3.63) is 100 Å². The lowest BCUT2D eigenvalue weighted by atomic mass is 9.99. The van der Waals surface area contributed by atoms with Crippen LogP contribution >= 0.6 is 11.8 Å². The number of carbonyl (C=O) groups excluding carboxylic acids is 1. The molecule has 5 rings (SSSR count). The number of benzene rings is 3. The quantitative estimate of drug-likeness (QED) is 0.193. The first-order valence-corrected chi connectivity index (χ1v) is 14.6. The molecule has 1 amide bonds. The molecule has 0 aromatic heterocycles. The predicted octanol–water partition coefficient (Wildman–Crippen LogP) is 7.36. The van der Waals surface area contributed by atoms with Gasteiger partial charge in [-0.2, -0.15) is 4.99 Å². The van der Waals surface area contributed by atoms with E-state index < -0.39 is 5.91 Å². The van der Waals surface area contributed by atoms with E-state index in [4.69, 9.17) is 19.6 Å². The topological polar surface area (TPSA) is 84.2 Å². The summed E-state index contributed by atoms with van der Waals surface area (Å²) in [6, 6.07) is 23.4. The maximum absolute atomic E-state index is 12.9. The average molecular weight is 568 g/mol. The number of thioether (sulfide) groups is 1. The molecule has 3 aromatic rings. The number of amides is 1. The van der Waals surface area contributed by atoms with Crippen LogP contribution in [0.4, 0.5) is 0 Å². The second kappa shape index (κ2) is 12.9. The molecule has 0 bridgehead atoms. The van der Waals surface area contributed by atoms with Crippen molar-refractivity contribution in [2.75, 3.05) is 19.8 Å². The molecule has 1 N–H and O–H groups in total. The summed E-state index contributed by atoms with van der Waals surface area (Å²) in [5, 5.41) is 11.3. The Morgan fingerprint density at radius 2 is 1.71 bits per heavy atom. The molecule has 3 aromatic carbocycles. The minimum absolute atomic E-state index is 0.0905. The lowest BCUT2D eigenvalue weighted by molar-refractivity contribution is -0.114. The minimum Gasteiger partial charge on any atom is -0.490 e. The van der Waals surface area contributed by atoms with E-state index in [0.29, 0.717) is 48.0 Å². The number of ether oxygens (including phenoxy) is 3. The van der Waals surface area contributed by atoms with Gasteiger partial charge >= 0.3 is 0 Å². The molecule has 0 unspecified atom stereocenters. The largest absolute Gasteiger partial charge is 0.490 e. The molecular weight excluding hydrogens is 534 g/mol. The third-order valence-corrected chi connectivity index (χ3v) is 7.76. The van der Waals surface area contributed by atoms with Gasteiger partial charge in [-0.3, -0.25) is 15.1 Å². The summed E-state index contributed by atoms with van der Waals surface area (Å²) < 4.78 is 17.7. The zero-order valence-electron chi connectivity index (χ0n) is 23.4. The predicted molar refractivity (Wildman–Crippen MR) is 166 cm³/mol. The van der Waals surface area contributed by atoms with Crippen LogP contribution in [0.25, 0.3) is 11.8 Å². The van der Waals surface area contributed by atoms with Crippen LogP contribution in [-0.4, -0.2) is 41.6 Å². The van der Waals surface area contributed by atoms with E-state index in [2.05, 4.69) is 31.0 Å². The van der Waals surface area contributed by atoms with Crippen molar-refractivity contribution >= 4 is 40.4 Å². The Kier molecular flexibility index (Phi) is 8.89. The minimum atomic E-state index is -0.441. The first-order valence-electron chi connectivity index (χ1n) is 13.8. The number of nitrogens with zero attached hydrogens (tertiary/aromatic N) is 2. The fourth-order valence-corrected chi connectivity index (χ4v) is 5.41. The third-order valence-electron chi connectivity index (χ3n) is 6.93. The van der Waals surface area contributed by atoms with Gasteiger partial charge in [-0.15, -0.1) is 0 Å². The van der Waals surface area contributed by atoms with E-state index in [1.165, 1.54) is 17.3 Å². The van der Waals surface area contributed by atoms with Crippen LogP contribution in [0.3, 0.4) is 0 Å². The van der Waals surface area contributed by atoms with Crippen LogP contribution < -0.4 is 14.2 Å². The van der Waals surface area contributed by atoms with Crippen molar-refractivity contribution in [2.24, 2.45) is 4.99 Å². The van der Waals surface area contributed by atoms with Gasteiger partial charge in [0.2, 0.25) is 0 Å². The molecule has 1 atom stereocenters. The number of hydrogen-bond acceptors (Lipinski definition) is 6. The Labute approximate surface area is 245 Å². The summed E-state index contributed by atoms with van der Waals surface area (Å²) in [4.78, 5) is 18.9. The average Bonchev–Trinajstić information content (AvgIpc) is 3.42. The number of carbonyl (C=O) groups is 1. The molecule has 8 heteroatoms. The molecule has 0 fully saturated rings. The van der Waals surface area contributed by atoms with Crippen molar-refractivity contribution in [1.82, 2.24) is 4.90 Å². The zero-order chi connectivity index (χ0) is 28.8. The van der Waals surface area contributed by atoms with Gasteiger partial charge in [0.1, 0.15) is 24.8 Å². The molecule has 0 radical (unpaired) electrons. The molecule has 0 spiro atoms. The van der Waals surface area contributed by atoms with Crippen LogP contribution in [-0.2, 0) is 4.79 Å². The van der Waals surface area contributed by atoms with Crippen molar-refractivity contribution in [1.29, 1.82) is 5.41 Å². The summed E-state index contributed by atoms with van der Waals surface area (Å²) >= 11 is 1.34. The van der Waals surface area contributed by atoms with E-state index in [-0.39, 0.29) is 11.4 Å². The standard InChI is InChI=1S/C33H33N3O4S/c1-4-22(3)24-12-14-26(15-13-24)39-17-18-40-29-16-11-23(20-30(29)38-5-2)19-27-31(34)36-28(25-9-7-6-8-10-25)21-41-33(36)35-32(27)37/h6-16,19-22,34H,4-5,17-18H2,1-3H3/b27-19-,34-31?/t22-/m1/s1. The number of aliphatic imine (C=N–C) groups is 1. The number of nitrogens with one attached hydrogen (secondary N) is 1. The molecular formula is C33H33N3O4S. The molecule has 210 valence electrons. The highest BCUT2D eigenvalue weighted by atomic mass is 32.2. The van der Waals surface area contributed by atoms with E-state index in [9.17, 15) is 4.79 Å². The Bertz CT molecular complexity index is 1510. The Hall–Kier alpha value is -4.30. The molecule has 0 saturated carbocycles. The molecule has 2 aliphatic heterocycles. The first kappa shape index (κ1) is 28.2. The van der Waals surface area contributed by atoms with Crippen molar-refractivity contribution in [3.63, 3.8) is 0 Å². The van der Waals surface area contributed by atoms with Gasteiger partial charge in [0.05, 0.1) is 17.9 Å². The maximum Gasteiger partial charge on any atom is 0.283 e. The lowest BCUT2D eigenvalue weighted by Crippen LogP contribution is -2.38. The normalized spacial score (nSPS) is 16.3. The zero-order valence-corrected chi connectivity index (χ0v) is 24.2. The third kappa shape index (κ3) is 6.38. The van der Waals surface area contributed by atoms with E-state index in [1.54, 1.807) is 11.0 Å². The Balaban J connectivity index is 1.27. The summed E-state index contributed by atoms with van der Waals surface area (Å²) in [5.41, 5.74) is 4.00. The molecule has 7 nitrogen and oxygen atoms in total. The summed E-state index contributed by atoms with van der Waals surface area (Å²) in [6.45, 7) is 7.48. The van der Waals surface area contributed by atoms with Gasteiger partial charge in [-0.05, 0) is 66.3 Å². The highest BCUT2D eigenvalue weighted by Crippen LogP contribution is 2.38. The summed E-state index contributed by atoms with van der Waals surface area (Å²) in [5.74, 6) is 2.12. The highest BCUT2D eigenvalue weighted by molar-refractivity contribution is 8.17. The number of rotatable bonds is 11. The van der Waals surface area contributed by atoms with Gasteiger partial charge in [-0.25, -0.2) is 0 Å². The smallest absolute Gasteiger partial charge is 0.283 e. The lowest BCUT2D eigenvalue weighted by Gasteiger charge is -2.27. The fourth-order valence-electron chi connectivity index (χ4n) is 4.52. The van der Waals surface area contributed by atoms with Gasteiger partial charge in [0, 0.05) is 5.41 Å².